The molecule has 0 atom stereocenters. The number of methoxy groups -OCH3 is 2. The molecule has 2 aromatic heterocycles. The lowest BCUT2D eigenvalue weighted by Crippen LogP contribution is -1.82. The molecule has 27 heavy (non-hydrogen) atoms. The third-order valence-electron chi connectivity index (χ3n) is 4.35. The van der Waals surface area contributed by atoms with Crippen molar-refractivity contribution in [2.45, 2.75) is 0 Å². The molecule has 0 spiro atoms. The largest absolute Gasteiger partial charge is 0.497 e. The third kappa shape index (κ3) is 3.74. The standard InChI is InChI=1S/C22H17ClO2S2/c1-24-17-7-3-14(4-8-17)16-11-20(26-13-16)22-19(12-21(23)27-22)15-5-9-18(25-2)10-6-15/h3-13H,1-2H3. The summed E-state index contributed by atoms with van der Waals surface area (Å²) in [7, 11) is 3.35. The molecule has 4 aromatic rings. The Morgan fingerprint density at radius 3 is 1.93 bits per heavy atom. The second kappa shape index (κ2) is 7.77. The summed E-state index contributed by atoms with van der Waals surface area (Å²) in [5.41, 5.74) is 4.65. The maximum absolute atomic E-state index is 6.37. The Morgan fingerprint density at radius 1 is 0.741 bits per heavy atom. The molecule has 0 saturated carbocycles. The minimum Gasteiger partial charge on any atom is -0.497 e. The molecule has 0 saturated heterocycles. The highest BCUT2D eigenvalue weighted by Gasteiger charge is 2.15. The lowest BCUT2D eigenvalue weighted by Gasteiger charge is -2.04. The van der Waals surface area contributed by atoms with E-state index in [1.54, 1.807) is 36.9 Å². The molecule has 0 aliphatic rings. The number of benzene rings is 2. The number of ether oxygens (including phenoxy) is 2. The quantitative estimate of drug-likeness (QED) is 0.338. The van der Waals surface area contributed by atoms with Crippen LogP contribution in [0.5, 0.6) is 11.5 Å². The first-order valence-electron chi connectivity index (χ1n) is 8.35. The molecule has 5 heteroatoms. The summed E-state index contributed by atoms with van der Waals surface area (Å²) in [6.07, 6.45) is 0. The van der Waals surface area contributed by atoms with Crippen LogP contribution in [-0.2, 0) is 0 Å². The van der Waals surface area contributed by atoms with Crippen molar-refractivity contribution in [2.75, 3.05) is 14.2 Å². The first kappa shape index (κ1) is 18.1. The summed E-state index contributed by atoms with van der Waals surface area (Å²) in [5, 5.41) is 2.18. The maximum atomic E-state index is 6.37. The zero-order valence-corrected chi connectivity index (χ0v) is 17.3. The Morgan fingerprint density at radius 2 is 1.33 bits per heavy atom. The Bertz CT molecular complexity index is 1050. The molecule has 2 heterocycles. The van der Waals surface area contributed by atoms with Gasteiger partial charge in [-0.25, -0.2) is 0 Å². The van der Waals surface area contributed by atoms with Gasteiger partial charge in [0.15, 0.2) is 0 Å². The first-order chi connectivity index (χ1) is 13.2. The zero-order chi connectivity index (χ0) is 18.8. The SMILES string of the molecule is COc1ccc(-c2csc(-c3sc(Cl)cc3-c3ccc(OC)cc3)c2)cc1. The van der Waals surface area contributed by atoms with Gasteiger partial charge in [0.1, 0.15) is 11.5 Å². The molecule has 2 nitrogen and oxygen atoms in total. The molecule has 0 unspecified atom stereocenters. The van der Waals surface area contributed by atoms with Gasteiger partial charge in [0.25, 0.3) is 0 Å². The van der Waals surface area contributed by atoms with Crippen LogP contribution in [0.25, 0.3) is 32.0 Å². The molecule has 0 radical (unpaired) electrons. The Labute approximate surface area is 171 Å². The van der Waals surface area contributed by atoms with Crippen LogP contribution >= 0.6 is 34.3 Å². The summed E-state index contributed by atoms with van der Waals surface area (Å²) in [6.45, 7) is 0. The maximum Gasteiger partial charge on any atom is 0.118 e. The van der Waals surface area contributed by atoms with E-state index >= 15 is 0 Å². The number of thiophene rings is 2. The Balaban J connectivity index is 1.70. The summed E-state index contributed by atoms with van der Waals surface area (Å²) in [5.74, 6) is 1.71. The van der Waals surface area contributed by atoms with E-state index in [4.69, 9.17) is 21.1 Å². The van der Waals surface area contributed by atoms with Crippen molar-refractivity contribution < 1.29 is 9.47 Å². The molecule has 0 amide bonds. The van der Waals surface area contributed by atoms with E-state index in [0.29, 0.717) is 0 Å². The monoisotopic (exact) mass is 412 g/mol. The van der Waals surface area contributed by atoms with Crippen LogP contribution in [0.3, 0.4) is 0 Å². The van der Waals surface area contributed by atoms with Crippen molar-refractivity contribution in [1.82, 2.24) is 0 Å². The van der Waals surface area contributed by atoms with E-state index in [1.807, 2.05) is 30.3 Å². The number of halogens is 1. The van der Waals surface area contributed by atoms with Gasteiger partial charge in [-0.2, -0.15) is 0 Å². The van der Waals surface area contributed by atoms with Crippen LogP contribution in [-0.4, -0.2) is 14.2 Å². The smallest absolute Gasteiger partial charge is 0.118 e. The number of rotatable bonds is 5. The van der Waals surface area contributed by atoms with Crippen molar-refractivity contribution >= 4 is 34.3 Å². The summed E-state index contributed by atoms with van der Waals surface area (Å²) in [6, 6.07) is 20.5. The van der Waals surface area contributed by atoms with Crippen molar-refractivity contribution in [1.29, 1.82) is 0 Å². The van der Waals surface area contributed by atoms with E-state index in [9.17, 15) is 0 Å². The fourth-order valence-electron chi connectivity index (χ4n) is 2.92. The van der Waals surface area contributed by atoms with Gasteiger partial charge in [-0.1, -0.05) is 35.9 Å². The van der Waals surface area contributed by atoms with Crippen LogP contribution in [0, 0.1) is 0 Å². The van der Waals surface area contributed by atoms with Crippen LogP contribution in [0.1, 0.15) is 0 Å². The number of hydrogen-bond acceptors (Lipinski definition) is 4. The van der Waals surface area contributed by atoms with Gasteiger partial charge in [-0.05, 0) is 58.5 Å². The lowest BCUT2D eigenvalue weighted by molar-refractivity contribution is 0.415. The van der Waals surface area contributed by atoms with Gasteiger partial charge in [-0.3, -0.25) is 0 Å². The van der Waals surface area contributed by atoms with Crippen LogP contribution in [0.2, 0.25) is 4.34 Å². The first-order valence-corrected chi connectivity index (χ1v) is 10.4. The van der Waals surface area contributed by atoms with Crippen molar-refractivity contribution in [3.8, 4) is 43.5 Å². The van der Waals surface area contributed by atoms with E-state index in [-0.39, 0.29) is 0 Å². The molecule has 136 valence electrons. The van der Waals surface area contributed by atoms with Gasteiger partial charge < -0.3 is 9.47 Å². The Kier molecular flexibility index (Phi) is 5.21. The van der Waals surface area contributed by atoms with Crippen molar-refractivity contribution in [2.24, 2.45) is 0 Å². The van der Waals surface area contributed by atoms with Gasteiger partial charge in [0.05, 0.1) is 23.4 Å². The Hall–Kier alpha value is -2.27. The molecule has 0 aliphatic heterocycles. The van der Waals surface area contributed by atoms with Crippen LogP contribution < -0.4 is 9.47 Å². The van der Waals surface area contributed by atoms with Gasteiger partial charge >= 0.3 is 0 Å². The molecule has 2 aromatic carbocycles. The minimum atomic E-state index is 0.787. The zero-order valence-electron chi connectivity index (χ0n) is 14.9. The number of hydrogen-bond donors (Lipinski definition) is 0. The molecule has 4 rings (SSSR count). The highest BCUT2D eigenvalue weighted by atomic mass is 35.5. The average Bonchev–Trinajstić information content (AvgIpc) is 3.35. The summed E-state index contributed by atoms with van der Waals surface area (Å²) >= 11 is 9.71. The summed E-state index contributed by atoms with van der Waals surface area (Å²) in [4.78, 5) is 2.40. The topological polar surface area (TPSA) is 18.5 Å². The lowest BCUT2D eigenvalue weighted by atomic mass is 10.0. The molecular weight excluding hydrogens is 396 g/mol. The normalized spacial score (nSPS) is 10.8. The molecular formula is C22H17ClO2S2. The predicted molar refractivity (Wildman–Crippen MR) is 117 cm³/mol. The van der Waals surface area contributed by atoms with Crippen molar-refractivity contribution in [3.05, 3.63) is 70.4 Å². The second-order valence-electron chi connectivity index (χ2n) is 5.95. The average molecular weight is 413 g/mol. The van der Waals surface area contributed by atoms with Gasteiger partial charge in [-0.15, -0.1) is 22.7 Å². The van der Waals surface area contributed by atoms with E-state index in [0.717, 1.165) is 27.0 Å². The fraction of sp³-hybridized carbons (Fsp3) is 0.0909. The van der Waals surface area contributed by atoms with E-state index in [1.165, 1.54) is 20.9 Å². The predicted octanol–water partition coefficient (Wildman–Crippen LogP) is 7.48. The van der Waals surface area contributed by atoms with E-state index < -0.39 is 0 Å². The molecule has 0 fully saturated rings. The minimum absolute atomic E-state index is 0.787. The highest BCUT2D eigenvalue weighted by Crippen LogP contribution is 2.45. The van der Waals surface area contributed by atoms with Gasteiger partial charge in [0, 0.05) is 10.4 Å². The van der Waals surface area contributed by atoms with Gasteiger partial charge in [0.2, 0.25) is 0 Å². The molecule has 0 N–H and O–H groups in total. The van der Waals surface area contributed by atoms with Crippen LogP contribution in [0.4, 0.5) is 0 Å². The van der Waals surface area contributed by atoms with Crippen molar-refractivity contribution in [3.63, 3.8) is 0 Å². The van der Waals surface area contributed by atoms with Crippen LogP contribution in [0.15, 0.2) is 66.0 Å². The summed E-state index contributed by atoms with van der Waals surface area (Å²) < 4.78 is 11.3. The third-order valence-corrected chi connectivity index (χ3v) is 6.72. The fourth-order valence-corrected chi connectivity index (χ4v) is 5.22. The molecule has 0 aliphatic carbocycles. The molecule has 0 bridgehead atoms. The van der Waals surface area contributed by atoms with E-state index in [2.05, 4.69) is 35.7 Å². The highest BCUT2D eigenvalue weighted by molar-refractivity contribution is 7.24. The second-order valence-corrected chi connectivity index (χ2v) is 8.54.